The molecule has 0 spiro atoms. The maximum Gasteiger partial charge on any atom is 0.181 e. The Labute approximate surface area is 116 Å². The van der Waals surface area contributed by atoms with Crippen molar-refractivity contribution in [2.24, 2.45) is 0 Å². The number of halogens is 1. The van der Waals surface area contributed by atoms with Crippen molar-refractivity contribution in [3.63, 3.8) is 0 Å². The molecule has 3 nitrogen and oxygen atoms in total. The molecule has 0 saturated heterocycles. The number of aliphatic hydroxyl groups excluding tert-OH is 1. The van der Waals surface area contributed by atoms with Crippen molar-refractivity contribution in [3.8, 4) is 11.8 Å². The normalized spacial score (nSPS) is 9.90. The molecular weight excluding hydrogens is 257 g/mol. The molecule has 1 heterocycles. The fraction of sp³-hybridized carbons (Fsp3) is 0.188. The Morgan fingerprint density at radius 3 is 2.65 bits per heavy atom. The molecule has 1 aromatic heterocycles. The zero-order chi connectivity index (χ0) is 14.4. The van der Waals surface area contributed by atoms with Crippen molar-refractivity contribution in [1.82, 2.24) is 4.57 Å². The Hall–Kier alpha value is -2.38. The van der Waals surface area contributed by atoms with Crippen LogP contribution in [0.25, 0.3) is 0 Å². The van der Waals surface area contributed by atoms with Crippen molar-refractivity contribution in [3.05, 3.63) is 69.9 Å². The van der Waals surface area contributed by atoms with Gasteiger partial charge in [-0.1, -0.05) is 17.9 Å². The van der Waals surface area contributed by atoms with Crippen LogP contribution in [0.4, 0.5) is 4.39 Å². The van der Waals surface area contributed by atoms with Crippen LogP contribution in [-0.4, -0.2) is 16.3 Å². The van der Waals surface area contributed by atoms with E-state index >= 15 is 0 Å². The van der Waals surface area contributed by atoms with Gasteiger partial charge >= 0.3 is 0 Å². The number of hydrogen-bond donors (Lipinski definition) is 1. The van der Waals surface area contributed by atoms with E-state index in [1.54, 1.807) is 24.5 Å². The van der Waals surface area contributed by atoms with Crippen LogP contribution in [0.5, 0.6) is 0 Å². The predicted molar refractivity (Wildman–Crippen MR) is 74.8 cm³/mol. The third-order valence-corrected chi connectivity index (χ3v) is 2.72. The van der Waals surface area contributed by atoms with E-state index in [1.807, 2.05) is 4.57 Å². The number of benzene rings is 1. The molecule has 2 aromatic rings. The first-order chi connectivity index (χ1) is 9.69. The van der Waals surface area contributed by atoms with Gasteiger partial charge in [-0.2, -0.15) is 0 Å². The Morgan fingerprint density at radius 1 is 1.20 bits per heavy atom. The summed E-state index contributed by atoms with van der Waals surface area (Å²) < 4.78 is 15.4. The molecule has 102 valence electrons. The average molecular weight is 271 g/mol. The summed E-state index contributed by atoms with van der Waals surface area (Å²) in [6, 6.07) is 7.69. The van der Waals surface area contributed by atoms with Crippen LogP contribution in [0, 0.1) is 17.7 Å². The topological polar surface area (TPSA) is 42.2 Å². The first-order valence-electron chi connectivity index (χ1n) is 6.23. The van der Waals surface area contributed by atoms with E-state index in [2.05, 4.69) is 11.8 Å². The summed E-state index contributed by atoms with van der Waals surface area (Å²) in [5.74, 6) is 5.03. The van der Waals surface area contributed by atoms with Gasteiger partial charge in [0.25, 0.3) is 0 Å². The van der Waals surface area contributed by atoms with Crippen LogP contribution in [0.15, 0.2) is 47.5 Å². The highest BCUT2D eigenvalue weighted by Gasteiger charge is 2.01. The minimum atomic E-state index is -0.376. The molecule has 0 unspecified atom stereocenters. The highest BCUT2D eigenvalue weighted by atomic mass is 19.1. The molecule has 0 radical (unpaired) electrons. The SMILES string of the molecule is O=c1ccn(Cc2ccc(F)c(C#CCCO)c2)cc1. The van der Waals surface area contributed by atoms with E-state index in [9.17, 15) is 9.18 Å². The zero-order valence-electron chi connectivity index (χ0n) is 10.8. The van der Waals surface area contributed by atoms with Crippen molar-refractivity contribution < 1.29 is 9.50 Å². The summed E-state index contributed by atoms with van der Waals surface area (Å²) in [4.78, 5) is 11.0. The summed E-state index contributed by atoms with van der Waals surface area (Å²) in [7, 11) is 0. The second kappa shape index (κ2) is 6.69. The summed E-state index contributed by atoms with van der Waals surface area (Å²) in [5.41, 5.74) is 1.16. The van der Waals surface area contributed by atoms with Gasteiger partial charge in [0.1, 0.15) is 5.82 Å². The molecule has 0 saturated carbocycles. The highest BCUT2D eigenvalue weighted by molar-refractivity contribution is 5.38. The number of aromatic nitrogens is 1. The van der Waals surface area contributed by atoms with Gasteiger partial charge in [-0.05, 0) is 17.7 Å². The smallest absolute Gasteiger partial charge is 0.181 e. The fourth-order valence-electron chi connectivity index (χ4n) is 1.74. The quantitative estimate of drug-likeness (QED) is 0.864. The summed E-state index contributed by atoms with van der Waals surface area (Å²) in [5, 5.41) is 8.66. The Bertz CT molecular complexity index is 690. The molecule has 0 atom stereocenters. The van der Waals surface area contributed by atoms with E-state index in [1.165, 1.54) is 18.2 Å². The highest BCUT2D eigenvalue weighted by Crippen LogP contribution is 2.11. The van der Waals surface area contributed by atoms with Gasteiger partial charge < -0.3 is 9.67 Å². The molecule has 4 heteroatoms. The summed E-state index contributed by atoms with van der Waals surface area (Å²) >= 11 is 0. The lowest BCUT2D eigenvalue weighted by Gasteiger charge is -2.06. The molecular formula is C16H14FNO2. The second-order valence-corrected chi connectivity index (χ2v) is 4.30. The Kier molecular flexibility index (Phi) is 4.70. The third kappa shape index (κ3) is 3.81. The van der Waals surface area contributed by atoms with Gasteiger partial charge in [0.05, 0.1) is 12.2 Å². The Balaban J connectivity index is 2.21. The summed E-state index contributed by atoms with van der Waals surface area (Å²) in [6.07, 6.45) is 3.69. The van der Waals surface area contributed by atoms with Crippen LogP contribution >= 0.6 is 0 Å². The van der Waals surface area contributed by atoms with Gasteiger partial charge in [0.2, 0.25) is 0 Å². The first kappa shape index (κ1) is 14.0. The number of rotatable bonds is 3. The molecule has 20 heavy (non-hydrogen) atoms. The minimum Gasteiger partial charge on any atom is -0.395 e. The number of pyridine rings is 1. The molecule has 1 N–H and O–H groups in total. The van der Waals surface area contributed by atoms with Crippen molar-refractivity contribution in [2.45, 2.75) is 13.0 Å². The lowest BCUT2D eigenvalue weighted by atomic mass is 10.1. The molecule has 0 fully saturated rings. The molecule has 0 bridgehead atoms. The number of hydrogen-bond acceptors (Lipinski definition) is 2. The maximum absolute atomic E-state index is 13.6. The largest absolute Gasteiger partial charge is 0.395 e. The zero-order valence-corrected chi connectivity index (χ0v) is 10.8. The molecule has 1 aromatic carbocycles. The first-order valence-corrected chi connectivity index (χ1v) is 6.23. The second-order valence-electron chi connectivity index (χ2n) is 4.30. The van der Waals surface area contributed by atoms with Gasteiger partial charge in [-0.3, -0.25) is 4.79 Å². The Morgan fingerprint density at radius 2 is 1.95 bits per heavy atom. The van der Waals surface area contributed by atoms with E-state index in [0.717, 1.165) is 5.56 Å². The standard InChI is InChI=1S/C16H14FNO2/c17-16-5-4-13(11-14(16)3-1-2-10-19)12-18-8-6-15(20)7-9-18/h4-9,11,19H,2,10,12H2. The maximum atomic E-state index is 13.6. The minimum absolute atomic E-state index is 0.0360. The van der Waals surface area contributed by atoms with E-state index in [-0.39, 0.29) is 17.9 Å². The van der Waals surface area contributed by atoms with E-state index in [0.29, 0.717) is 18.5 Å². The average Bonchev–Trinajstić information content (AvgIpc) is 2.45. The van der Waals surface area contributed by atoms with E-state index in [4.69, 9.17) is 5.11 Å². The van der Waals surface area contributed by atoms with Crippen molar-refractivity contribution in [2.75, 3.05) is 6.61 Å². The molecule has 0 aliphatic rings. The molecule has 0 amide bonds. The molecule has 0 aliphatic heterocycles. The fourth-order valence-corrected chi connectivity index (χ4v) is 1.74. The van der Waals surface area contributed by atoms with E-state index < -0.39 is 0 Å². The van der Waals surface area contributed by atoms with Gasteiger partial charge in [-0.15, -0.1) is 0 Å². The number of nitrogens with zero attached hydrogens (tertiary/aromatic N) is 1. The summed E-state index contributed by atoms with van der Waals surface area (Å²) in [6.45, 7) is 0.501. The predicted octanol–water partition coefficient (Wildman–Crippen LogP) is 1.77. The lowest BCUT2D eigenvalue weighted by Crippen LogP contribution is -2.05. The van der Waals surface area contributed by atoms with Gasteiger partial charge in [0.15, 0.2) is 5.43 Å². The van der Waals surface area contributed by atoms with Gasteiger partial charge in [0, 0.05) is 37.5 Å². The van der Waals surface area contributed by atoms with Crippen molar-refractivity contribution in [1.29, 1.82) is 0 Å². The monoisotopic (exact) mass is 271 g/mol. The van der Waals surface area contributed by atoms with Crippen LogP contribution in [0.1, 0.15) is 17.5 Å². The van der Waals surface area contributed by atoms with Crippen LogP contribution < -0.4 is 5.43 Å². The molecule has 2 rings (SSSR count). The third-order valence-electron chi connectivity index (χ3n) is 2.72. The lowest BCUT2D eigenvalue weighted by molar-refractivity contribution is 0.305. The van der Waals surface area contributed by atoms with Crippen molar-refractivity contribution >= 4 is 0 Å². The molecule has 0 aliphatic carbocycles. The van der Waals surface area contributed by atoms with Crippen LogP contribution in [-0.2, 0) is 6.54 Å². The van der Waals surface area contributed by atoms with Crippen LogP contribution in [0.3, 0.4) is 0 Å². The number of aliphatic hydroxyl groups is 1. The van der Waals surface area contributed by atoms with Crippen LogP contribution in [0.2, 0.25) is 0 Å². The van der Waals surface area contributed by atoms with Gasteiger partial charge in [-0.25, -0.2) is 4.39 Å².